The number of nitrogens with one attached hydrogen (secondary N) is 1. The van der Waals surface area contributed by atoms with Crippen LogP contribution in [0, 0.1) is 33.5 Å². The molecule has 3 aromatic rings. The summed E-state index contributed by atoms with van der Waals surface area (Å²) in [6.07, 6.45) is 0. The molecule has 1 amide bonds. The molecule has 3 rings (SSSR count). The van der Waals surface area contributed by atoms with Crippen LogP contribution in [-0.4, -0.2) is 15.7 Å². The predicted molar refractivity (Wildman–Crippen MR) is 93.3 cm³/mol. The Morgan fingerprint density at radius 3 is 2.48 bits per heavy atom. The summed E-state index contributed by atoms with van der Waals surface area (Å²) in [6, 6.07) is 8.02. The number of aryl methyl sites for hydroxylation is 3. The number of carbonyl (C=O) groups is 1. The molecular weight excluding hydrogens is 321 g/mol. The standard InChI is InChI=1S/C19H20FN3O2/c1-11-9-17(14(4)25-11)19(24)21-18-12(2)22-23(13(18)3)10-15-5-7-16(20)8-6-15/h5-9H,10H2,1-4H3,(H,21,24). The monoisotopic (exact) mass is 341 g/mol. The molecule has 0 aliphatic carbocycles. The summed E-state index contributed by atoms with van der Waals surface area (Å²) in [4.78, 5) is 12.5. The highest BCUT2D eigenvalue weighted by molar-refractivity contribution is 6.05. The number of benzene rings is 1. The van der Waals surface area contributed by atoms with Gasteiger partial charge in [-0.15, -0.1) is 0 Å². The number of aromatic nitrogens is 2. The van der Waals surface area contributed by atoms with E-state index in [1.165, 1.54) is 12.1 Å². The number of amides is 1. The van der Waals surface area contributed by atoms with E-state index in [-0.39, 0.29) is 11.7 Å². The van der Waals surface area contributed by atoms with E-state index in [9.17, 15) is 9.18 Å². The van der Waals surface area contributed by atoms with E-state index in [4.69, 9.17) is 4.42 Å². The first kappa shape index (κ1) is 17.0. The number of nitrogens with zero attached hydrogens (tertiary/aromatic N) is 2. The number of anilines is 1. The van der Waals surface area contributed by atoms with E-state index in [0.717, 1.165) is 17.0 Å². The van der Waals surface area contributed by atoms with Crippen LogP contribution >= 0.6 is 0 Å². The minimum absolute atomic E-state index is 0.220. The third-order valence-corrected chi connectivity index (χ3v) is 4.15. The normalized spacial score (nSPS) is 10.9. The van der Waals surface area contributed by atoms with E-state index in [0.29, 0.717) is 29.3 Å². The van der Waals surface area contributed by atoms with Crippen molar-refractivity contribution < 1.29 is 13.6 Å². The molecule has 0 saturated heterocycles. The molecule has 0 aliphatic rings. The second kappa shape index (κ2) is 6.55. The Hall–Kier alpha value is -2.89. The lowest BCUT2D eigenvalue weighted by Gasteiger charge is -2.07. The Labute approximate surface area is 145 Å². The van der Waals surface area contributed by atoms with Gasteiger partial charge in [-0.3, -0.25) is 9.48 Å². The molecular formula is C19H20FN3O2. The number of rotatable bonds is 4. The van der Waals surface area contributed by atoms with Crippen LogP contribution < -0.4 is 5.32 Å². The van der Waals surface area contributed by atoms with Crippen LogP contribution in [0.15, 0.2) is 34.7 Å². The Kier molecular flexibility index (Phi) is 4.44. The van der Waals surface area contributed by atoms with Crippen LogP contribution in [0.25, 0.3) is 0 Å². The van der Waals surface area contributed by atoms with Gasteiger partial charge in [0.1, 0.15) is 17.3 Å². The minimum atomic E-state index is -0.268. The Morgan fingerprint density at radius 1 is 1.20 bits per heavy atom. The molecule has 0 saturated carbocycles. The molecule has 2 aromatic heterocycles. The molecule has 0 radical (unpaired) electrons. The van der Waals surface area contributed by atoms with Gasteiger partial charge in [-0.1, -0.05) is 12.1 Å². The summed E-state index contributed by atoms with van der Waals surface area (Å²) >= 11 is 0. The summed E-state index contributed by atoms with van der Waals surface area (Å²) in [5, 5.41) is 7.41. The van der Waals surface area contributed by atoms with Crippen LogP contribution in [0.1, 0.15) is 38.8 Å². The zero-order chi connectivity index (χ0) is 18.1. The average molecular weight is 341 g/mol. The summed E-state index contributed by atoms with van der Waals surface area (Å²) in [7, 11) is 0. The van der Waals surface area contributed by atoms with Gasteiger partial charge in [0, 0.05) is 0 Å². The zero-order valence-electron chi connectivity index (χ0n) is 14.7. The first-order chi connectivity index (χ1) is 11.8. The first-order valence-electron chi connectivity index (χ1n) is 8.02. The highest BCUT2D eigenvalue weighted by Gasteiger charge is 2.18. The highest BCUT2D eigenvalue weighted by atomic mass is 19.1. The molecule has 0 fully saturated rings. The van der Waals surface area contributed by atoms with Crippen molar-refractivity contribution in [3.05, 3.63) is 70.2 Å². The van der Waals surface area contributed by atoms with Crippen molar-refractivity contribution in [1.82, 2.24) is 9.78 Å². The summed E-state index contributed by atoms with van der Waals surface area (Å²) < 4.78 is 20.2. The second-order valence-electron chi connectivity index (χ2n) is 6.11. The maximum atomic E-state index is 13.0. The summed E-state index contributed by atoms with van der Waals surface area (Å²) in [5.74, 6) is 0.796. The molecule has 1 aromatic carbocycles. The van der Waals surface area contributed by atoms with Gasteiger partial charge in [0.25, 0.3) is 5.91 Å². The zero-order valence-corrected chi connectivity index (χ0v) is 14.7. The summed E-state index contributed by atoms with van der Waals surface area (Å²) in [5.41, 5.74) is 3.71. The number of hydrogen-bond acceptors (Lipinski definition) is 3. The third kappa shape index (κ3) is 3.47. The van der Waals surface area contributed by atoms with Gasteiger partial charge < -0.3 is 9.73 Å². The molecule has 130 valence electrons. The summed E-state index contributed by atoms with van der Waals surface area (Å²) in [6.45, 7) is 7.82. The average Bonchev–Trinajstić information content (AvgIpc) is 3.03. The van der Waals surface area contributed by atoms with Gasteiger partial charge in [-0.05, 0) is 51.5 Å². The molecule has 2 heterocycles. The van der Waals surface area contributed by atoms with E-state index in [1.54, 1.807) is 36.7 Å². The molecule has 0 bridgehead atoms. The maximum Gasteiger partial charge on any atom is 0.259 e. The van der Waals surface area contributed by atoms with E-state index < -0.39 is 0 Å². The maximum absolute atomic E-state index is 13.0. The number of halogens is 1. The topological polar surface area (TPSA) is 60.1 Å². The van der Waals surface area contributed by atoms with Gasteiger partial charge in [0.2, 0.25) is 0 Å². The highest BCUT2D eigenvalue weighted by Crippen LogP contribution is 2.23. The van der Waals surface area contributed by atoms with Crippen molar-refractivity contribution in [2.45, 2.75) is 34.2 Å². The fourth-order valence-corrected chi connectivity index (χ4v) is 2.83. The lowest BCUT2D eigenvalue weighted by molar-refractivity contribution is 0.102. The molecule has 6 heteroatoms. The fourth-order valence-electron chi connectivity index (χ4n) is 2.83. The van der Waals surface area contributed by atoms with Crippen LogP contribution in [0.3, 0.4) is 0 Å². The van der Waals surface area contributed by atoms with Gasteiger partial charge in [0.05, 0.1) is 29.2 Å². The number of hydrogen-bond donors (Lipinski definition) is 1. The van der Waals surface area contributed by atoms with Crippen molar-refractivity contribution in [3.63, 3.8) is 0 Å². The first-order valence-corrected chi connectivity index (χ1v) is 8.02. The predicted octanol–water partition coefficient (Wildman–Crippen LogP) is 4.15. The SMILES string of the molecule is Cc1cc(C(=O)Nc2c(C)nn(Cc3ccc(F)cc3)c2C)c(C)o1. The molecule has 5 nitrogen and oxygen atoms in total. The minimum Gasteiger partial charge on any atom is -0.466 e. The van der Waals surface area contributed by atoms with Crippen LogP contribution in [0.5, 0.6) is 0 Å². The van der Waals surface area contributed by atoms with Crippen LogP contribution in [0.4, 0.5) is 10.1 Å². The number of furan rings is 1. The second-order valence-corrected chi connectivity index (χ2v) is 6.11. The van der Waals surface area contributed by atoms with Crippen LogP contribution in [-0.2, 0) is 6.54 Å². The lowest BCUT2D eigenvalue weighted by Crippen LogP contribution is -2.13. The van der Waals surface area contributed by atoms with Crippen molar-refractivity contribution in [1.29, 1.82) is 0 Å². The Balaban J connectivity index is 1.83. The smallest absolute Gasteiger partial charge is 0.259 e. The third-order valence-electron chi connectivity index (χ3n) is 4.15. The van der Waals surface area contributed by atoms with Crippen molar-refractivity contribution in [2.75, 3.05) is 5.32 Å². The van der Waals surface area contributed by atoms with Crippen molar-refractivity contribution >= 4 is 11.6 Å². The Morgan fingerprint density at radius 2 is 1.88 bits per heavy atom. The Bertz CT molecular complexity index is 923. The van der Waals surface area contributed by atoms with Gasteiger partial charge >= 0.3 is 0 Å². The molecule has 0 unspecified atom stereocenters. The van der Waals surface area contributed by atoms with Gasteiger partial charge in [0.15, 0.2) is 0 Å². The van der Waals surface area contributed by atoms with Gasteiger partial charge in [-0.25, -0.2) is 4.39 Å². The largest absolute Gasteiger partial charge is 0.466 e. The van der Waals surface area contributed by atoms with Gasteiger partial charge in [-0.2, -0.15) is 5.10 Å². The molecule has 0 atom stereocenters. The van der Waals surface area contributed by atoms with Crippen molar-refractivity contribution in [3.8, 4) is 0 Å². The molecule has 0 spiro atoms. The van der Waals surface area contributed by atoms with Crippen molar-refractivity contribution in [2.24, 2.45) is 0 Å². The van der Waals surface area contributed by atoms with E-state index in [2.05, 4.69) is 10.4 Å². The molecule has 1 N–H and O–H groups in total. The number of carbonyl (C=O) groups excluding carboxylic acids is 1. The quantitative estimate of drug-likeness (QED) is 0.775. The molecule has 0 aliphatic heterocycles. The molecule has 25 heavy (non-hydrogen) atoms. The lowest BCUT2D eigenvalue weighted by atomic mass is 10.2. The fraction of sp³-hybridized carbons (Fsp3) is 0.263. The van der Waals surface area contributed by atoms with E-state index >= 15 is 0 Å². The van der Waals surface area contributed by atoms with Crippen LogP contribution in [0.2, 0.25) is 0 Å². The van der Waals surface area contributed by atoms with E-state index in [1.807, 2.05) is 13.8 Å².